The molecule has 0 fully saturated rings. The van der Waals surface area contributed by atoms with Gasteiger partial charge in [-0.2, -0.15) is 10.5 Å². The summed E-state index contributed by atoms with van der Waals surface area (Å²) in [5.41, 5.74) is 8.08. The average molecular weight is 613 g/mol. The summed E-state index contributed by atoms with van der Waals surface area (Å²) in [6, 6.07) is 41.4. The van der Waals surface area contributed by atoms with E-state index in [0.29, 0.717) is 32.8 Å². The second-order valence-corrected chi connectivity index (χ2v) is 11.8. The fraction of sp³-hybridized carbons (Fsp3) is 0. The number of fused-ring (bicyclic) bond motifs is 12. The Balaban J connectivity index is 1.32. The summed E-state index contributed by atoms with van der Waals surface area (Å²) in [5, 5.41) is 25.9. The number of hydrogen-bond donors (Lipinski definition) is 0. The number of aromatic nitrogens is 6. The smallest absolute Gasteiger partial charge is 0.177 e. The summed E-state index contributed by atoms with van der Waals surface area (Å²) < 4.78 is 4.38. The Hall–Kier alpha value is -7.16. The molecule has 10 rings (SSSR count). The second kappa shape index (κ2) is 9.67. The van der Waals surface area contributed by atoms with Crippen molar-refractivity contribution in [1.82, 2.24) is 29.1 Å². The van der Waals surface area contributed by atoms with Gasteiger partial charge in [-0.15, -0.1) is 0 Å². The van der Waals surface area contributed by atoms with Gasteiger partial charge in [0.05, 0.1) is 56.9 Å². The topological polar surface area (TPSA) is 109 Å². The zero-order valence-electron chi connectivity index (χ0n) is 25.1. The van der Waals surface area contributed by atoms with E-state index in [1.54, 1.807) is 0 Å². The number of nitrogens with zero attached hydrogens (tertiary/aromatic N) is 8. The van der Waals surface area contributed by atoms with Crippen LogP contribution >= 0.6 is 0 Å². The summed E-state index contributed by atoms with van der Waals surface area (Å²) in [6.45, 7) is 0. The molecule has 0 amide bonds. The van der Waals surface area contributed by atoms with Crippen LogP contribution in [0.5, 0.6) is 0 Å². The number of para-hydroxylation sites is 4. The molecule has 0 saturated carbocycles. The molecule has 10 aromatic rings. The Kier molecular flexibility index (Phi) is 5.26. The molecule has 8 heteroatoms. The van der Waals surface area contributed by atoms with Crippen molar-refractivity contribution in [3.63, 3.8) is 0 Å². The molecule has 0 N–H and O–H groups in total. The molecule has 220 valence electrons. The van der Waals surface area contributed by atoms with Gasteiger partial charge >= 0.3 is 0 Å². The van der Waals surface area contributed by atoms with Crippen LogP contribution in [0.15, 0.2) is 122 Å². The SMILES string of the molecule is N#Cc1nc2c3cc(-n4c5ccccc5c5ccccc54)cnc3c3ncc(-n4c5ccccc5c5ccccc54)cc3c2nc1C#N. The van der Waals surface area contributed by atoms with Crippen LogP contribution in [-0.2, 0) is 0 Å². The highest BCUT2D eigenvalue weighted by Gasteiger charge is 2.21. The van der Waals surface area contributed by atoms with Gasteiger partial charge < -0.3 is 9.13 Å². The van der Waals surface area contributed by atoms with Crippen LogP contribution in [-0.4, -0.2) is 29.1 Å². The lowest BCUT2D eigenvalue weighted by molar-refractivity contribution is 1.15. The summed E-state index contributed by atoms with van der Waals surface area (Å²) in [6.07, 6.45) is 3.72. The Labute approximate surface area is 272 Å². The molecule has 0 aliphatic rings. The minimum Gasteiger partial charge on any atom is -0.308 e. The predicted molar refractivity (Wildman–Crippen MR) is 188 cm³/mol. The molecule has 48 heavy (non-hydrogen) atoms. The zero-order chi connectivity index (χ0) is 31.9. The van der Waals surface area contributed by atoms with Crippen molar-refractivity contribution < 1.29 is 0 Å². The molecule has 0 aliphatic heterocycles. The van der Waals surface area contributed by atoms with Gasteiger partial charge in [-0.25, -0.2) is 9.97 Å². The first kappa shape index (κ1) is 26.1. The van der Waals surface area contributed by atoms with Crippen molar-refractivity contribution in [1.29, 1.82) is 10.5 Å². The maximum Gasteiger partial charge on any atom is 0.177 e. The Bertz CT molecular complexity index is 2780. The lowest BCUT2D eigenvalue weighted by atomic mass is 10.1. The lowest BCUT2D eigenvalue weighted by Gasteiger charge is -2.14. The van der Waals surface area contributed by atoms with E-state index in [4.69, 9.17) is 19.9 Å². The van der Waals surface area contributed by atoms with E-state index in [2.05, 4.69) is 69.8 Å². The van der Waals surface area contributed by atoms with Crippen molar-refractivity contribution in [3.05, 3.63) is 133 Å². The van der Waals surface area contributed by atoms with Crippen LogP contribution in [0.25, 0.3) is 87.8 Å². The van der Waals surface area contributed by atoms with Crippen LogP contribution in [0.1, 0.15) is 11.4 Å². The number of benzene rings is 5. The van der Waals surface area contributed by atoms with Crippen LogP contribution in [0.3, 0.4) is 0 Å². The highest BCUT2D eigenvalue weighted by molar-refractivity contribution is 6.21. The van der Waals surface area contributed by atoms with Crippen LogP contribution in [0, 0.1) is 22.7 Å². The third-order valence-electron chi connectivity index (χ3n) is 9.27. The van der Waals surface area contributed by atoms with Crippen molar-refractivity contribution in [3.8, 4) is 23.5 Å². The predicted octanol–water partition coefficient (Wildman–Crippen LogP) is 8.66. The van der Waals surface area contributed by atoms with Crippen LogP contribution in [0.2, 0.25) is 0 Å². The highest BCUT2D eigenvalue weighted by Crippen LogP contribution is 2.38. The summed E-state index contributed by atoms with van der Waals surface area (Å²) >= 11 is 0. The van der Waals surface area contributed by atoms with Crippen molar-refractivity contribution in [2.75, 3.05) is 0 Å². The Morgan fingerprint density at radius 3 is 1.08 bits per heavy atom. The first-order chi connectivity index (χ1) is 23.7. The lowest BCUT2D eigenvalue weighted by Crippen LogP contribution is -2.02. The molecule has 5 aromatic heterocycles. The molecule has 0 saturated heterocycles. The fourth-order valence-corrected chi connectivity index (χ4v) is 7.26. The van der Waals surface area contributed by atoms with Gasteiger partial charge in [-0.05, 0) is 36.4 Å². The molecule has 0 atom stereocenters. The Morgan fingerprint density at radius 1 is 0.417 bits per heavy atom. The van der Waals surface area contributed by atoms with Gasteiger partial charge in [0.1, 0.15) is 23.2 Å². The quantitative estimate of drug-likeness (QED) is 0.181. The maximum absolute atomic E-state index is 9.97. The minimum absolute atomic E-state index is 0.0283. The van der Waals surface area contributed by atoms with Crippen LogP contribution < -0.4 is 0 Å². The zero-order valence-corrected chi connectivity index (χ0v) is 25.1. The molecule has 0 spiro atoms. The van der Waals surface area contributed by atoms with Crippen molar-refractivity contribution in [2.24, 2.45) is 0 Å². The standard InChI is InChI=1S/C40H20N8/c41-19-31-32(20-42)46-40-30-18-24(48-35-15-7-3-11-27(35)28-12-4-8-16-36(28)48)22-44-38(30)37-29(39(40)45-31)17-23(21-43-37)47-33-13-5-1-9-25(33)26-10-2-6-14-34(26)47/h1-18,21-22H. The van der Waals surface area contributed by atoms with Gasteiger partial charge in [0.25, 0.3) is 0 Å². The largest absolute Gasteiger partial charge is 0.308 e. The first-order valence-electron chi connectivity index (χ1n) is 15.4. The molecular formula is C40H20N8. The van der Waals surface area contributed by atoms with Gasteiger partial charge in [0, 0.05) is 32.3 Å². The third kappa shape index (κ3) is 3.46. The van der Waals surface area contributed by atoms with E-state index >= 15 is 0 Å². The van der Waals surface area contributed by atoms with Gasteiger partial charge in [0.15, 0.2) is 11.4 Å². The molecule has 0 radical (unpaired) electrons. The summed E-state index contributed by atoms with van der Waals surface area (Å²) in [4.78, 5) is 19.5. The molecular weight excluding hydrogens is 592 g/mol. The molecule has 5 aromatic carbocycles. The minimum atomic E-state index is -0.0283. The number of rotatable bonds is 2. The fourth-order valence-electron chi connectivity index (χ4n) is 7.26. The van der Waals surface area contributed by atoms with E-state index in [0.717, 1.165) is 55.0 Å². The third-order valence-corrected chi connectivity index (χ3v) is 9.27. The van der Waals surface area contributed by atoms with Gasteiger partial charge in [-0.3, -0.25) is 9.97 Å². The maximum atomic E-state index is 9.97. The average Bonchev–Trinajstić information content (AvgIpc) is 3.67. The monoisotopic (exact) mass is 612 g/mol. The molecule has 0 unspecified atom stereocenters. The normalized spacial score (nSPS) is 11.7. The van der Waals surface area contributed by atoms with Crippen molar-refractivity contribution >= 4 is 76.5 Å². The van der Waals surface area contributed by atoms with E-state index in [9.17, 15) is 10.5 Å². The molecule has 0 bridgehead atoms. The second-order valence-electron chi connectivity index (χ2n) is 11.8. The van der Waals surface area contributed by atoms with E-state index in [1.165, 1.54) is 0 Å². The summed E-state index contributed by atoms with van der Waals surface area (Å²) in [5.74, 6) is 0. The summed E-state index contributed by atoms with van der Waals surface area (Å²) in [7, 11) is 0. The molecule has 8 nitrogen and oxygen atoms in total. The Morgan fingerprint density at radius 2 is 0.750 bits per heavy atom. The van der Waals surface area contributed by atoms with Gasteiger partial charge in [-0.1, -0.05) is 72.8 Å². The van der Waals surface area contributed by atoms with E-state index < -0.39 is 0 Å². The number of pyridine rings is 2. The highest BCUT2D eigenvalue weighted by atomic mass is 15.0. The molecule has 0 aliphatic carbocycles. The van der Waals surface area contributed by atoms with E-state index in [1.807, 2.05) is 73.1 Å². The van der Waals surface area contributed by atoms with Crippen molar-refractivity contribution in [2.45, 2.75) is 0 Å². The van der Waals surface area contributed by atoms with Gasteiger partial charge in [0.2, 0.25) is 0 Å². The number of hydrogen-bond acceptors (Lipinski definition) is 6. The first-order valence-corrected chi connectivity index (χ1v) is 15.4. The van der Waals surface area contributed by atoms with E-state index in [-0.39, 0.29) is 11.4 Å². The molecule has 5 heterocycles. The number of nitriles is 2. The van der Waals surface area contributed by atoms with Crippen LogP contribution in [0.4, 0.5) is 0 Å².